The number of hydrogen-bond acceptors (Lipinski definition) is 3. The Balaban J connectivity index is 2.13. The number of anilines is 2. The van der Waals surface area contributed by atoms with Crippen molar-refractivity contribution in [2.75, 3.05) is 11.5 Å². The lowest BCUT2D eigenvalue weighted by Crippen LogP contribution is -2.27. The van der Waals surface area contributed by atoms with Crippen molar-refractivity contribution in [3.63, 3.8) is 0 Å². The van der Waals surface area contributed by atoms with Gasteiger partial charge in [0.05, 0.1) is 11.6 Å². The molecule has 2 aromatic carbocycles. The van der Waals surface area contributed by atoms with Crippen LogP contribution in [0.25, 0.3) is 0 Å². The molecule has 104 valence electrons. The molecule has 0 radical (unpaired) electrons. The summed E-state index contributed by atoms with van der Waals surface area (Å²) in [5.41, 5.74) is 13.8. The van der Waals surface area contributed by atoms with Crippen LogP contribution in [-0.4, -0.2) is 5.91 Å². The summed E-state index contributed by atoms with van der Waals surface area (Å²) < 4.78 is 1.00. The SMILES string of the molecule is C[C@H](NC(=O)c1ccc(N)cc1N)c1ccc(Br)cc1. The van der Waals surface area contributed by atoms with Crippen LogP contribution in [0.2, 0.25) is 0 Å². The van der Waals surface area contributed by atoms with Crippen molar-refractivity contribution in [2.45, 2.75) is 13.0 Å². The molecule has 4 nitrogen and oxygen atoms in total. The Labute approximate surface area is 126 Å². The van der Waals surface area contributed by atoms with Crippen LogP contribution in [0.4, 0.5) is 11.4 Å². The monoisotopic (exact) mass is 333 g/mol. The maximum absolute atomic E-state index is 12.2. The van der Waals surface area contributed by atoms with E-state index in [1.54, 1.807) is 18.2 Å². The standard InChI is InChI=1S/C15H16BrN3O/c1-9(10-2-4-11(16)5-3-10)19-15(20)13-7-6-12(17)8-14(13)18/h2-9H,17-18H2,1H3,(H,19,20)/t9-/m0/s1. The molecular weight excluding hydrogens is 318 g/mol. The highest BCUT2D eigenvalue weighted by atomic mass is 79.9. The highest BCUT2D eigenvalue weighted by Crippen LogP contribution is 2.19. The number of benzene rings is 2. The molecule has 0 unspecified atom stereocenters. The van der Waals surface area contributed by atoms with Crippen molar-refractivity contribution in [2.24, 2.45) is 0 Å². The number of nitrogen functional groups attached to an aromatic ring is 2. The number of hydrogen-bond donors (Lipinski definition) is 3. The summed E-state index contributed by atoms with van der Waals surface area (Å²) in [5.74, 6) is -0.210. The molecule has 2 rings (SSSR count). The molecule has 0 aliphatic heterocycles. The number of carbonyl (C=O) groups excluding carboxylic acids is 1. The van der Waals surface area contributed by atoms with Crippen LogP contribution in [0.5, 0.6) is 0 Å². The summed E-state index contributed by atoms with van der Waals surface area (Å²) >= 11 is 3.38. The summed E-state index contributed by atoms with van der Waals surface area (Å²) in [4.78, 5) is 12.2. The van der Waals surface area contributed by atoms with Gasteiger partial charge in [-0.2, -0.15) is 0 Å². The zero-order valence-corrected chi connectivity index (χ0v) is 12.6. The Morgan fingerprint density at radius 3 is 2.40 bits per heavy atom. The topological polar surface area (TPSA) is 81.1 Å². The summed E-state index contributed by atoms with van der Waals surface area (Å²) in [5, 5.41) is 2.92. The molecule has 2 aromatic rings. The lowest BCUT2D eigenvalue weighted by Gasteiger charge is -2.15. The Kier molecular flexibility index (Phi) is 4.29. The third-order valence-corrected chi connectivity index (χ3v) is 3.57. The third kappa shape index (κ3) is 3.30. The fraction of sp³-hybridized carbons (Fsp3) is 0.133. The lowest BCUT2D eigenvalue weighted by atomic mass is 10.1. The molecule has 20 heavy (non-hydrogen) atoms. The van der Waals surface area contributed by atoms with Crippen molar-refractivity contribution in [3.8, 4) is 0 Å². The largest absolute Gasteiger partial charge is 0.399 e. The van der Waals surface area contributed by atoms with Crippen molar-refractivity contribution < 1.29 is 4.79 Å². The van der Waals surface area contributed by atoms with Gasteiger partial charge in [-0.3, -0.25) is 4.79 Å². The van der Waals surface area contributed by atoms with Gasteiger partial charge in [-0.1, -0.05) is 28.1 Å². The predicted molar refractivity (Wildman–Crippen MR) is 85.3 cm³/mol. The van der Waals surface area contributed by atoms with Crippen LogP contribution >= 0.6 is 15.9 Å². The van der Waals surface area contributed by atoms with E-state index in [1.165, 1.54) is 0 Å². The smallest absolute Gasteiger partial charge is 0.253 e. The van der Waals surface area contributed by atoms with Gasteiger partial charge in [-0.25, -0.2) is 0 Å². The van der Waals surface area contributed by atoms with Gasteiger partial charge in [0.1, 0.15) is 0 Å². The van der Waals surface area contributed by atoms with E-state index in [0.717, 1.165) is 10.0 Å². The summed E-state index contributed by atoms with van der Waals surface area (Å²) in [6.07, 6.45) is 0. The Hall–Kier alpha value is -2.01. The van der Waals surface area contributed by atoms with Gasteiger partial charge in [0.15, 0.2) is 0 Å². The number of halogens is 1. The first-order valence-corrected chi connectivity index (χ1v) is 6.98. The van der Waals surface area contributed by atoms with Gasteiger partial charge in [-0.15, -0.1) is 0 Å². The maximum Gasteiger partial charge on any atom is 0.253 e. The number of amides is 1. The Bertz CT molecular complexity index is 626. The fourth-order valence-corrected chi connectivity index (χ4v) is 2.16. The first-order valence-electron chi connectivity index (χ1n) is 6.18. The fourth-order valence-electron chi connectivity index (χ4n) is 1.90. The molecule has 1 atom stereocenters. The number of nitrogens with two attached hydrogens (primary N) is 2. The molecule has 5 N–H and O–H groups in total. The van der Waals surface area contributed by atoms with Gasteiger partial charge in [-0.05, 0) is 42.8 Å². The number of carbonyl (C=O) groups is 1. The van der Waals surface area contributed by atoms with Gasteiger partial charge in [0.2, 0.25) is 0 Å². The molecule has 0 aliphatic rings. The normalized spacial score (nSPS) is 11.9. The second-order valence-corrected chi connectivity index (χ2v) is 5.51. The zero-order valence-electron chi connectivity index (χ0n) is 11.1. The molecule has 1 amide bonds. The van der Waals surface area contributed by atoms with E-state index in [0.29, 0.717) is 16.9 Å². The average Bonchev–Trinajstić information content (AvgIpc) is 2.39. The van der Waals surface area contributed by atoms with Crippen LogP contribution in [0.1, 0.15) is 28.9 Å². The lowest BCUT2D eigenvalue weighted by molar-refractivity contribution is 0.0941. The quantitative estimate of drug-likeness (QED) is 0.755. The Morgan fingerprint density at radius 2 is 1.80 bits per heavy atom. The van der Waals surface area contributed by atoms with Crippen molar-refractivity contribution in [3.05, 3.63) is 58.1 Å². The van der Waals surface area contributed by atoms with Crippen LogP contribution < -0.4 is 16.8 Å². The van der Waals surface area contributed by atoms with E-state index < -0.39 is 0 Å². The highest BCUT2D eigenvalue weighted by molar-refractivity contribution is 9.10. The molecule has 0 aliphatic carbocycles. The Morgan fingerprint density at radius 1 is 1.15 bits per heavy atom. The molecule has 0 heterocycles. The minimum Gasteiger partial charge on any atom is -0.399 e. The molecular formula is C15H16BrN3O. The first kappa shape index (κ1) is 14.4. The highest BCUT2D eigenvalue weighted by Gasteiger charge is 2.13. The third-order valence-electron chi connectivity index (χ3n) is 3.04. The molecule has 0 saturated heterocycles. The van der Waals surface area contributed by atoms with E-state index >= 15 is 0 Å². The zero-order chi connectivity index (χ0) is 14.7. The second kappa shape index (κ2) is 5.96. The molecule has 5 heteroatoms. The summed E-state index contributed by atoms with van der Waals surface area (Å²) in [6, 6.07) is 12.6. The second-order valence-electron chi connectivity index (χ2n) is 4.59. The van der Waals surface area contributed by atoms with Gasteiger partial charge in [0, 0.05) is 15.8 Å². The van der Waals surface area contributed by atoms with Crippen molar-refractivity contribution in [1.29, 1.82) is 0 Å². The van der Waals surface area contributed by atoms with Crippen LogP contribution in [0.15, 0.2) is 46.9 Å². The van der Waals surface area contributed by atoms with Gasteiger partial charge < -0.3 is 16.8 Å². The van der Waals surface area contributed by atoms with E-state index in [2.05, 4.69) is 21.2 Å². The minimum atomic E-state index is -0.210. The van der Waals surface area contributed by atoms with Crippen LogP contribution in [-0.2, 0) is 0 Å². The van der Waals surface area contributed by atoms with E-state index in [9.17, 15) is 4.79 Å². The van der Waals surface area contributed by atoms with Gasteiger partial charge in [0.25, 0.3) is 5.91 Å². The van der Waals surface area contributed by atoms with Crippen molar-refractivity contribution in [1.82, 2.24) is 5.32 Å². The molecule has 0 spiro atoms. The summed E-state index contributed by atoms with van der Waals surface area (Å²) in [6.45, 7) is 1.93. The molecule has 0 saturated carbocycles. The van der Waals surface area contributed by atoms with Gasteiger partial charge >= 0.3 is 0 Å². The van der Waals surface area contributed by atoms with Crippen LogP contribution in [0.3, 0.4) is 0 Å². The van der Waals surface area contributed by atoms with Crippen molar-refractivity contribution >= 4 is 33.2 Å². The van der Waals surface area contributed by atoms with E-state index in [-0.39, 0.29) is 11.9 Å². The summed E-state index contributed by atoms with van der Waals surface area (Å²) in [7, 11) is 0. The minimum absolute atomic E-state index is 0.104. The van der Waals surface area contributed by atoms with Crippen LogP contribution in [0, 0.1) is 0 Å². The molecule has 0 aromatic heterocycles. The van der Waals surface area contributed by atoms with E-state index in [4.69, 9.17) is 11.5 Å². The number of rotatable bonds is 3. The maximum atomic E-state index is 12.2. The molecule has 0 fully saturated rings. The average molecular weight is 334 g/mol. The molecule has 0 bridgehead atoms. The van der Waals surface area contributed by atoms with E-state index in [1.807, 2.05) is 31.2 Å². The number of nitrogens with one attached hydrogen (secondary N) is 1. The first-order chi connectivity index (χ1) is 9.47. The predicted octanol–water partition coefficient (Wildman–Crippen LogP) is 3.10.